The number of para-hydroxylation sites is 1. The number of carbonyl (C=O) groups excluding carboxylic acids is 2. The van der Waals surface area contributed by atoms with Gasteiger partial charge in [0.2, 0.25) is 5.91 Å². The van der Waals surface area contributed by atoms with Gasteiger partial charge < -0.3 is 19.6 Å². The Balaban J connectivity index is 1.37. The fraction of sp³-hybridized carbons (Fsp3) is 0.188. The lowest BCUT2D eigenvalue weighted by Gasteiger charge is -2.26. The molecule has 2 amide bonds. The van der Waals surface area contributed by atoms with Crippen molar-refractivity contribution in [1.82, 2.24) is 15.2 Å². The van der Waals surface area contributed by atoms with Gasteiger partial charge >= 0.3 is 0 Å². The van der Waals surface area contributed by atoms with Crippen molar-refractivity contribution in [3.8, 4) is 11.3 Å². The molecule has 6 heteroatoms. The van der Waals surface area contributed by atoms with Gasteiger partial charge in [-0.1, -0.05) is 66.2 Å². The van der Waals surface area contributed by atoms with E-state index in [2.05, 4.69) is 53.6 Å². The molecule has 6 nitrogen and oxygen atoms in total. The third-order valence-electron chi connectivity index (χ3n) is 7.25. The first-order chi connectivity index (χ1) is 18.5. The van der Waals surface area contributed by atoms with E-state index in [1.54, 1.807) is 0 Å². The van der Waals surface area contributed by atoms with Crippen molar-refractivity contribution >= 4 is 22.7 Å². The summed E-state index contributed by atoms with van der Waals surface area (Å²) in [5.41, 5.74) is 6.94. The standard InChI is InChI=1S/C32H29N3O3/c1-20-11-14-22(15-12-20)30-29(26-9-5-6-10-27(26)34-30)31-24-7-3-4-8-25(24)32(37)35(31)18-17-28(36)33-19-23-16-13-21(2)38-23/h3-16,31,34H,17-19H2,1-2H3,(H,33,36)/t31-/m0/s1. The lowest BCUT2D eigenvalue weighted by Crippen LogP contribution is -2.33. The van der Waals surface area contributed by atoms with Crippen molar-refractivity contribution < 1.29 is 14.0 Å². The SMILES string of the molecule is Cc1ccc(-c2[nH]c3ccccc3c2[C@@H]2c3ccccc3C(=O)N2CCC(=O)NCc2ccc(C)o2)cc1. The summed E-state index contributed by atoms with van der Waals surface area (Å²) in [6.45, 7) is 4.57. The highest BCUT2D eigenvalue weighted by molar-refractivity contribution is 6.02. The summed E-state index contributed by atoms with van der Waals surface area (Å²) in [5, 5.41) is 3.99. The maximum atomic E-state index is 13.7. The van der Waals surface area contributed by atoms with Crippen molar-refractivity contribution in [3.05, 3.63) is 119 Å². The molecule has 1 atom stereocenters. The van der Waals surface area contributed by atoms with Crippen molar-refractivity contribution in [1.29, 1.82) is 0 Å². The number of amides is 2. The highest BCUT2D eigenvalue weighted by Crippen LogP contribution is 2.45. The molecule has 0 spiro atoms. The molecular weight excluding hydrogens is 474 g/mol. The summed E-state index contributed by atoms with van der Waals surface area (Å²) in [7, 11) is 0. The van der Waals surface area contributed by atoms with Crippen LogP contribution < -0.4 is 5.32 Å². The average Bonchev–Trinajstić information content (AvgIpc) is 3.60. The third kappa shape index (κ3) is 4.28. The van der Waals surface area contributed by atoms with Crippen LogP contribution in [0.4, 0.5) is 0 Å². The minimum atomic E-state index is -0.313. The molecule has 0 unspecified atom stereocenters. The van der Waals surface area contributed by atoms with Gasteiger partial charge in [-0.15, -0.1) is 0 Å². The van der Waals surface area contributed by atoms with Gasteiger partial charge in [0, 0.05) is 35.0 Å². The first-order valence-corrected chi connectivity index (χ1v) is 12.9. The predicted molar refractivity (Wildman–Crippen MR) is 148 cm³/mol. The monoisotopic (exact) mass is 503 g/mol. The van der Waals surface area contributed by atoms with Gasteiger partial charge in [0.1, 0.15) is 11.5 Å². The fourth-order valence-corrected chi connectivity index (χ4v) is 5.38. The van der Waals surface area contributed by atoms with Crippen molar-refractivity contribution in [3.63, 3.8) is 0 Å². The van der Waals surface area contributed by atoms with E-state index in [-0.39, 0.29) is 24.3 Å². The van der Waals surface area contributed by atoms with Gasteiger partial charge in [0.05, 0.1) is 18.3 Å². The molecule has 3 heterocycles. The highest BCUT2D eigenvalue weighted by atomic mass is 16.3. The van der Waals surface area contributed by atoms with Gasteiger partial charge in [-0.3, -0.25) is 9.59 Å². The number of rotatable bonds is 7. The van der Waals surface area contributed by atoms with Gasteiger partial charge in [-0.2, -0.15) is 0 Å². The number of hydrogen-bond acceptors (Lipinski definition) is 3. The van der Waals surface area contributed by atoms with Crippen LogP contribution in [-0.4, -0.2) is 28.2 Å². The molecule has 0 radical (unpaired) electrons. The number of fused-ring (bicyclic) bond motifs is 2. The molecule has 0 bridgehead atoms. The summed E-state index contributed by atoms with van der Waals surface area (Å²) in [6, 6.07) is 27.8. The Morgan fingerprint density at radius 3 is 2.50 bits per heavy atom. The third-order valence-corrected chi connectivity index (χ3v) is 7.25. The second kappa shape index (κ2) is 9.71. The van der Waals surface area contributed by atoms with E-state index >= 15 is 0 Å². The number of furan rings is 1. The van der Waals surface area contributed by atoms with E-state index < -0.39 is 0 Å². The molecule has 2 N–H and O–H groups in total. The van der Waals surface area contributed by atoms with Crippen molar-refractivity contribution in [2.24, 2.45) is 0 Å². The van der Waals surface area contributed by atoms with Crippen LogP contribution in [0.5, 0.6) is 0 Å². The number of carbonyl (C=O) groups is 2. The van der Waals surface area contributed by atoms with Crippen LogP contribution in [0.15, 0.2) is 89.3 Å². The number of H-pyrrole nitrogens is 1. The Kier molecular flexibility index (Phi) is 6.08. The Morgan fingerprint density at radius 1 is 0.947 bits per heavy atom. The first-order valence-electron chi connectivity index (χ1n) is 12.9. The van der Waals surface area contributed by atoms with Crippen LogP contribution in [0.1, 0.15) is 51.0 Å². The Hall–Kier alpha value is -4.58. The molecule has 1 aliphatic heterocycles. The second-order valence-electron chi connectivity index (χ2n) is 9.85. The number of aromatic amines is 1. The normalized spacial score (nSPS) is 14.7. The molecule has 2 aromatic heterocycles. The number of aryl methyl sites for hydroxylation is 2. The van der Waals surface area contributed by atoms with Gasteiger partial charge in [0.25, 0.3) is 5.91 Å². The summed E-state index contributed by atoms with van der Waals surface area (Å²) in [5.74, 6) is 1.33. The van der Waals surface area contributed by atoms with Crippen LogP contribution >= 0.6 is 0 Å². The molecule has 0 saturated heterocycles. The number of aromatic nitrogens is 1. The molecular formula is C32H29N3O3. The van der Waals surface area contributed by atoms with E-state index in [0.717, 1.165) is 39.0 Å². The minimum absolute atomic E-state index is 0.0554. The Bertz CT molecular complexity index is 1640. The summed E-state index contributed by atoms with van der Waals surface area (Å²) >= 11 is 0. The lowest BCUT2D eigenvalue weighted by atomic mass is 9.93. The van der Waals surface area contributed by atoms with E-state index in [1.807, 2.05) is 60.4 Å². The molecule has 0 saturated carbocycles. The van der Waals surface area contributed by atoms with Crippen LogP contribution in [0.2, 0.25) is 0 Å². The van der Waals surface area contributed by atoms with E-state index in [0.29, 0.717) is 24.4 Å². The molecule has 5 aromatic rings. The number of nitrogens with zero attached hydrogens (tertiary/aromatic N) is 1. The van der Waals surface area contributed by atoms with Crippen LogP contribution in [-0.2, 0) is 11.3 Å². The first kappa shape index (κ1) is 23.8. The largest absolute Gasteiger partial charge is 0.465 e. The topological polar surface area (TPSA) is 78.3 Å². The minimum Gasteiger partial charge on any atom is -0.465 e. The zero-order valence-corrected chi connectivity index (χ0v) is 21.5. The quantitative estimate of drug-likeness (QED) is 0.274. The highest BCUT2D eigenvalue weighted by Gasteiger charge is 2.40. The van der Waals surface area contributed by atoms with Crippen LogP contribution in [0.25, 0.3) is 22.2 Å². The summed E-state index contributed by atoms with van der Waals surface area (Å²) in [4.78, 5) is 31.9. The van der Waals surface area contributed by atoms with E-state index in [1.165, 1.54) is 5.56 Å². The van der Waals surface area contributed by atoms with E-state index in [4.69, 9.17) is 4.42 Å². The number of benzene rings is 3. The van der Waals surface area contributed by atoms with Crippen LogP contribution in [0, 0.1) is 13.8 Å². The zero-order chi connectivity index (χ0) is 26.2. The molecule has 0 aliphatic carbocycles. The van der Waals surface area contributed by atoms with Gasteiger partial charge in [-0.05, 0) is 49.2 Å². The molecule has 6 rings (SSSR count). The Morgan fingerprint density at radius 2 is 1.71 bits per heavy atom. The fourth-order valence-electron chi connectivity index (χ4n) is 5.38. The summed E-state index contributed by atoms with van der Waals surface area (Å²) < 4.78 is 5.56. The zero-order valence-electron chi connectivity index (χ0n) is 21.5. The summed E-state index contributed by atoms with van der Waals surface area (Å²) in [6.07, 6.45) is 0.193. The maximum absolute atomic E-state index is 13.7. The molecule has 190 valence electrons. The predicted octanol–water partition coefficient (Wildman–Crippen LogP) is 6.30. The number of hydrogen-bond donors (Lipinski definition) is 2. The molecule has 0 fully saturated rings. The second-order valence-corrected chi connectivity index (χ2v) is 9.85. The van der Waals surface area contributed by atoms with Crippen molar-refractivity contribution in [2.45, 2.75) is 32.9 Å². The molecule has 38 heavy (non-hydrogen) atoms. The lowest BCUT2D eigenvalue weighted by molar-refractivity contribution is -0.121. The maximum Gasteiger partial charge on any atom is 0.255 e. The average molecular weight is 504 g/mol. The Labute approximate surface area is 221 Å². The van der Waals surface area contributed by atoms with Crippen molar-refractivity contribution in [2.75, 3.05) is 6.54 Å². The van der Waals surface area contributed by atoms with Gasteiger partial charge in [-0.25, -0.2) is 0 Å². The molecule has 3 aromatic carbocycles. The van der Waals surface area contributed by atoms with Gasteiger partial charge in [0.15, 0.2) is 0 Å². The number of nitrogens with one attached hydrogen (secondary N) is 2. The van der Waals surface area contributed by atoms with Crippen LogP contribution in [0.3, 0.4) is 0 Å². The van der Waals surface area contributed by atoms with E-state index in [9.17, 15) is 9.59 Å². The smallest absolute Gasteiger partial charge is 0.255 e. The molecule has 1 aliphatic rings.